The number of para-hydroxylation sites is 2. The number of ketones is 1. The van der Waals surface area contributed by atoms with E-state index in [-0.39, 0.29) is 17.1 Å². The number of unbranched alkanes of at least 4 members (excludes halogenated alkanes) is 2. The number of carbonyl (C=O) groups excluding carboxylic acids is 2. The molecule has 1 amide bonds. The molecule has 1 unspecified atom stereocenters. The lowest BCUT2D eigenvalue weighted by Crippen LogP contribution is -2.39. The zero-order chi connectivity index (χ0) is 25.3. The molecule has 7 heteroatoms. The van der Waals surface area contributed by atoms with Crippen LogP contribution in [0.15, 0.2) is 47.7 Å². The minimum absolute atomic E-state index is 0.00562. The standard InChI is InChI=1S/C28H32Cl2N2O3/c1-5-6-7-12-24(34)32-22-11-9-8-10-20(22)31-21-15-28(2,3)16-23(33)25(21)26(32)18-13-17(29)14-19(30)27(18)35-4/h8-11,13-14,26,31H,5-7,12,15-16H2,1-4H3. The summed E-state index contributed by atoms with van der Waals surface area (Å²) in [6, 6.07) is 10.4. The first-order valence-electron chi connectivity index (χ1n) is 12.1. The maximum Gasteiger partial charge on any atom is 0.227 e. The highest BCUT2D eigenvalue weighted by Crippen LogP contribution is 2.51. The Kier molecular flexibility index (Phi) is 7.48. The summed E-state index contributed by atoms with van der Waals surface area (Å²) in [6.07, 6.45) is 4.17. The van der Waals surface area contributed by atoms with Crippen molar-refractivity contribution in [1.29, 1.82) is 0 Å². The van der Waals surface area contributed by atoms with Gasteiger partial charge in [0, 0.05) is 34.7 Å². The Morgan fingerprint density at radius 1 is 1.17 bits per heavy atom. The second-order valence-electron chi connectivity index (χ2n) is 10.1. The highest BCUT2D eigenvalue weighted by Gasteiger charge is 2.44. The van der Waals surface area contributed by atoms with E-state index in [1.807, 2.05) is 24.3 Å². The van der Waals surface area contributed by atoms with E-state index in [0.717, 1.165) is 36.3 Å². The summed E-state index contributed by atoms with van der Waals surface area (Å²) in [6.45, 7) is 6.29. The van der Waals surface area contributed by atoms with E-state index in [1.54, 1.807) is 17.0 Å². The first-order chi connectivity index (χ1) is 16.7. The maximum atomic E-state index is 13.9. The highest BCUT2D eigenvalue weighted by atomic mass is 35.5. The molecule has 0 radical (unpaired) electrons. The third kappa shape index (κ3) is 5.07. The number of nitrogens with one attached hydrogen (secondary N) is 1. The zero-order valence-corrected chi connectivity index (χ0v) is 22.2. The number of benzene rings is 2. The van der Waals surface area contributed by atoms with Gasteiger partial charge in [-0.25, -0.2) is 0 Å². The van der Waals surface area contributed by atoms with E-state index in [1.165, 1.54) is 7.11 Å². The molecule has 0 aromatic heterocycles. The van der Waals surface area contributed by atoms with Gasteiger partial charge in [0.2, 0.25) is 5.91 Å². The van der Waals surface area contributed by atoms with Crippen molar-refractivity contribution in [1.82, 2.24) is 0 Å². The van der Waals surface area contributed by atoms with E-state index in [4.69, 9.17) is 27.9 Å². The number of carbonyl (C=O) groups is 2. The van der Waals surface area contributed by atoms with Crippen LogP contribution in [0.4, 0.5) is 11.4 Å². The zero-order valence-electron chi connectivity index (χ0n) is 20.7. The molecule has 1 aliphatic heterocycles. The third-order valence-corrected chi connectivity index (χ3v) is 7.20. The lowest BCUT2D eigenvalue weighted by molar-refractivity contribution is -0.119. The number of allylic oxidation sites excluding steroid dienone is 1. The number of fused-ring (bicyclic) bond motifs is 1. The summed E-state index contributed by atoms with van der Waals surface area (Å²) in [4.78, 5) is 29.4. The lowest BCUT2D eigenvalue weighted by Gasteiger charge is -2.37. The van der Waals surface area contributed by atoms with Crippen molar-refractivity contribution in [3.05, 3.63) is 63.3 Å². The molecule has 4 rings (SSSR count). The Bertz CT molecular complexity index is 1190. The molecule has 2 aromatic rings. The minimum atomic E-state index is -0.718. The Morgan fingerprint density at radius 2 is 1.91 bits per heavy atom. The summed E-state index contributed by atoms with van der Waals surface area (Å²) >= 11 is 13.0. The van der Waals surface area contributed by atoms with Crippen molar-refractivity contribution in [3.63, 3.8) is 0 Å². The van der Waals surface area contributed by atoms with E-state index >= 15 is 0 Å². The average Bonchev–Trinajstić information content (AvgIpc) is 2.92. The number of nitrogens with zero attached hydrogens (tertiary/aromatic N) is 1. The van der Waals surface area contributed by atoms with Crippen LogP contribution in [0.5, 0.6) is 5.75 Å². The first-order valence-corrected chi connectivity index (χ1v) is 12.9. The van der Waals surface area contributed by atoms with Gasteiger partial charge in [-0.3, -0.25) is 14.5 Å². The van der Waals surface area contributed by atoms with Crippen molar-refractivity contribution in [2.24, 2.45) is 5.41 Å². The van der Waals surface area contributed by atoms with E-state index < -0.39 is 6.04 Å². The van der Waals surface area contributed by atoms with Gasteiger partial charge in [0.05, 0.1) is 29.5 Å². The Morgan fingerprint density at radius 3 is 2.63 bits per heavy atom. The Labute approximate surface area is 217 Å². The number of methoxy groups -OCH3 is 1. The van der Waals surface area contributed by atoms with Crippen molar-refractivity contribution >= 4 is 46.3 Å². The molecular formula is C28H32Cl2N2O3. The fraction of sp³-hybridized carbons (Fsp3) is 0.429. The van der Waals surface area contributed by atoms with Crippen molar-refractivity contribution in [2.45, 2.75) is 65.3 Å². The predicted octanol–water partition coefficient (Wildman–Crippen LogP) is 7.73. The van der Waals surface area contributed by atoms with E-state index in [0.29, 0.717) is 46.2 Å². The van der Waals surface area contributed by atoms with Crippen molar-refractivity contribution in [3.8, 4) is 5.75 Å². The van der Waals surface area contributed by atoms with Crippen LogP contribution in [-0.2, 0) is 9.59 Å². The van der Waals surface area contributed by atoms with Gasteiger partial charge in [0.15, 0.2) is 5.78 Å². The summed E-state index contributed by atoms with van der Waals surface area (Å²) < 4.78 is 5.71. The third-order valence-electron chi connectivity index (χ3n) is 6.70. The summed E-state index contributed by atoms with van der Waals surface area (Å²) in [5, 5.41) is 4.28. The molecule has 0 spiro atoms. The highest BCUT2D eigenvalue weighted by molar-refractivity contribution is 6.35. The summed E-state index contributed by atoms with van der Waals surface area (Å²) in [7, 11) is 1.54. The first kappa shape index (κ1) is 25.6. The largest absolute Gasteiger partial charge is 0.495 e. The molecule has 0 saturated carbocycles. The second-order valence-corrected chi connectivity index (χ2v) is 11.0. The molecule has 186 valence electrons. The molecule has 1 N–H and O–H groups in total. The molecule has 35 heavy (non-hydrogen) atoms. The van der Waals surface area contributed by atoms with E-state index in [9.17, 15) is 9.59 Å². The monoisotopic (exact) mass is 514 g/mol. The minimum Gasteiger partial charge on any atom is -0.495 e. The van der Waals surface area contributed by atoms with Gasteiger partial charge in [-0.05, 0) is 42.5 Å². The quantitative estimate of drug-likeness (QED) is 0.400. The second kappa shape index (κ2) is 10.2. The Hall–Kier alpha value is -2.50. The maximum absolute atomic E-state index is 13.9. The molecular weight excluding hydrogens is 483 g/mol. The fourth-order valence-electron chi connectivity index (χ4n) is 5.20. The number of ether oxygens (including phenoxy) is 1. The van der Waals surface area contributed by atoms with Crippen molar-refractivity contribution < 1.29 is 14.3 Å². The van der Waals surface area contributed by atoms with Crippen LogP contribution >= 0.6 is 23.2 Å². The number of amides is 1. The molecule has 1 aliphatic carbocycles. The number of rotatable bonds is 6. The molecule has 5 nitrogen and oxygen atoms in total. The summed E-state index contributed by atoms with van der Waals surface area (Å²) in [5.41, 5.74) is 3.30. The van der Waals surface area contributed by atoms with Crippen LogP contribution in [0.2, 0.25) is 10.0 Å². The lowest BCUT2D eigenvalue weighted by atomic mass is 9.73. The van der Waals surface area contributed by atoms with Gasteiger partial charge in [-0.2, -0.15) is 0 Å². The number of Topliss-reactive ketones (excluding diaryl/α,β-unsaturated/α-hetero) is 1. The SMILES string of the molecule is CCCCCC(=O)N1c2ccccc2NC2=C(C(=O)CC(C)(C)C2)C1c1cc(Cl)cc(Cl)c1OC. The molecule has 0 saturated heterocycles. The number of hydrogen-bond acceptors (Lipinski definition) is 4. The van der Waals surface area contributed by atoms with Gasteiger partial charge < -0.3 is 10.1 Å². The summed E-state index contributed by atoms with van der Waals surface area (Å²) in [5.74, 6) is 0.365. The average molecular weight is 515 g/mol. The smallest absolute Gasteiger partial charge is 0.227 e. The van der Waals surface area contributed by atoms with Crippen molar-refractivity contribution in [2.75, 3.05) is 17.3 Å². The van der Waals surface area contributed by atoms with E-state index in [2.05, 4.69) is 26.1 Å². The van der Waals surface area contributed by atoms with Crippen LogP contribution in [0, 0.1) is 5.41 Å². The van der Waals surface area contributed by atoms with Gasteiger partial charge in [0.25, 0.3) is 0 Å². The van der Waals surface area contributed by atoms with Gasteiger partial charge >= 0.3 is 0 Å². The predicted molar refractivity (Wildman–Crippen MR) is 142 cm³/mol. The van der Waals surface area contributed by atoms with Gasteiger partial charge in [-0.1, -0.05) is 68.9 Å². The van der Waals surface area contributed by atoms with Crippen LogP contribution < -0.4 is 15.0 Å². The molecule has 1 atom stereocenters. The van der Waals surface area contributed by atoms with Gasteiger partial charge in [-0.15, -0.1) is 0 Å². The molecule has 1 heterocycles. The van der Waals surface area contributed by atoms with Crippen LogP contribution in [0.25, 0.3) is 0 Å². The van der Waals surface area contributed by atoms with Crippen LogP contribution in [-0.4, -0.2) is 18.8 Å². The van der Waals surface area contributed by atoms with Gasteiger partial charge in [0.1, 0.15) is 5.75 Å². The normalized spacial score (nSPS) is 19.0. The molecule has 0 fully saturated rings. The van der Waals surface area contributed by atoms with Crippen LogP contribution in [0.3, 0.4) is 0 Å². The number of anilines is 2. The fourth-order valence-corrected chi connectivity index (χ4v) is 5.79. The number of hydrogen-bond donors (Lipinski definition) is 1. The molecule has 0 bridgehead atoms. The topological polar surface area (TPSA) is 58.6 Å². The molecule has 2 aliphatic rings. The number of halogens is 2. The molecule has 2 aromatic carbocycles. The van der Waals surface area contributed by atoms with Crippen LogP contribution in [0.1, 0.15) is 70.9 Å². The Balaban J connectivity index is 2.02.